The molecule has 4 bridgehead atoms. The van der Waals surface area contributed by atoms with Crippen LogP contribution in [0.4, 0.5) is 5.69 Å². The fourth-order valence-corrected chi connectivity index (χ4v) is 9.75. The molecule has 2 heterocycles. The third kappa shape index (κ3) is 2.93. The van der Waals surface area contributed by atoms with Gasteiger partial charge in [0.25, 0.3) is 0 Å². The number of halogens is 1. The molecule has 0 unspecified atom stereocenters. The maximum atomic E-state index is 15.1. The molecule has 0 amide bonds. The van der Waals surface area contributed by atoms with Crippen LogP contribution in [-0.4, -0.2) is 17.9 Å². The number of ketones is 1. The minimum atomic E-state index is -1.35. The third-order valence-corrected chi connectivity index (χ3v) is 11.0. The van der Waals surface area contributed by atoms with E-state index in [1.54, 1.807) is 0 Å². The summed E-state index contributed by atoms with van der Waals surface area (Å²) in [4.78, 5) is 17.3. The molecule has 0 radical (unpaired) electrons. The van der Waals surface area contributed by atoms with Crippen molar-refractivity contribution in [2.24, 2.45) is 28.6 Å². The van der Waals surface area contributed by atoms with E-state index >= 15 is 4.79 Å². The molecule has 36 heavy (non-hydrogen) atoms. The predicted molar refractivity (Wildman–Crippen MR) is 147 cm³/mol. The van der Waals surface area contributed by atoms with E-state index in [-0.39, 0.29) is 11.2 Å². The molecule has 4 nitrogen and oxygen atoms in total. The van der Waals surface area contributed by atoms with Crippen molar-refractivity contribution in [1.82, 2.24) is 0 Å². The lowest BCUT2D eigenvalue weighted by Gasteiger charge is -2.57. The summed E-state index contributed by atoms with van der Waals surface area (Å²) >= 11 is 2.31. The SMILES string of the molecule is N#CC1(C#N)[C@H](c2ccccc2I)[C@@H](C(=O)C23CC4CC(CC(C4)C2)C3)N2c3ccccc3C=C[C@H]21. The van der Waals surface area contributed by atoms with Gasteiger partial charge in [-0.25, -0.2) is 0 Å². The summed E-state index contributed by atoms with van der Waals surface area (Å²) in [6.07, 6.45) is 10.8. The van der Waals surface area contributed by atoms with E-state index in [9.17, 15) is 10.5 Å². The van der Waals surface area contributed by atoms with Crippen LogP contribution in [0.3, 0.4) is 0 Å². The highest BCUT2D eigenvalue weighted by molar-refractivity contribution is 14.1. The van der Waals surface area contributed by atoms with E-state index in [2.05, 4.69) is 51.8 Å². The van der Waals surface area contributed by atoms with Gasteiger partial charge in [-0.3, -0.25) is 4.79 Å². The number of para-hydroxylation sites is 1. The van der Waals surface area contributed by atoms with Gasteiger partial charge >= 0.3 is 0 Å². The van der Waals surface area contributed by atoms with Crippen LogP contribution in [-0.2, 0) is 4.79 Å². The number of fused-ring (bicyclic) bond motifs is 3. The quantitative estimate of drug-likeness (QED) is 0.387. The van der Waals surface area contributed by atoms with E-state index < -0.39 is 23.4 Å². The molecule has 3 atom stereocenters. The zero-order chi connectivity index (χ0) is 24.7. The van der Waals surface area contributed by atoms with Crippen LogP contribution in [0, 0.1) is 54.8 Å². The Morgan fingerprint density at radius 1 is 0.917 bits per heavy atom. The molecule has 5 fully saturated rings. The molecule has 0 N–H and O–H groups in total. The van der Waals surface area contributed by atoms with E-state index in [0.29, 0.717) is 17.8 Å². The molecule has 0 aromatic heterocycles. The molecule has 0 spiro atoms. The Labute approximate surface area is 226 Å². The van der Waals surface area contributed by atoms with Crippen molar-refractivity contribution >= 4 is 40.1 Å². The number of Topliss-reactive ketones (excluding diaryl/α,β-unsaturated/α-hetero) is 1. The molecule has 2 aromatic carbocycles. The first kappa shape index (κ1) is 22.5. The van der Waals surface area contributed by atoms with Gasteiger partial charge in [-0.15, -0.1) is 0 Å². The lowest BCUT2D eigenvalue weighted by molar-refractivity contribution is -0.145. The summed E-state index contributed by atoms with van der Waals surface area (Å²) in [6.45, 7) is 0. The molecule has 180 valence electrons. The average Bonchev–Trinajstić information content (AvgIpc) is 3.18. The molecule has 5 heteroatoms. The van der Waals surface area contributed by atoms with Gasteiger partial charge < -0.3 is 4.90 Å². The standard InChI is InChI=1S/C31H28IN3O/c32-24-7-3-2-6-23(24)27-28(29(36)30-14-19-11-20(15-30)13-21(12-19)16-30)35-25-8-4-1-5-22(25)9-10-26(35)31(27,17-33)18-34/h1-10,19-21,26-28H,11-16H2/t19?,20?,21?,26-,27+,28-,30?/m0/s1. The van der Waals surface area contributed by atoms with E-state index in [4.69, 9.17) is 0 Å². The van der Waals surface area contributed by atoms with Crippen molar-refractivity contribution in [2.75, 3.05) is 4.90 Å². The number of anilines is 1. The lowest BCUT2D eigenvalue weighted by atomic mass is 9.47. The highest BCUT2D eigenvalue weighted by atomic mass is 127. The highest BCUT2D eigenvalue weighted by Gasteiger charge is 2.67. The largest absolute Gasteiger partial charge is 0.351 e. The van der Waals surface area contributed by atoms with Crippen molar-refractivity contribution in [2.45, 2.75) is 56.5 Å². The second-order valence-electron chi connectivity index (χ2n) is 11.9. The Balaban J connectivity index is 1.46. The van der Waals surface area contributed by atoms with Crippen molar-refractivity contribution in [1.29, 1.82) is 10.5 Å². The van der Waals surface area contributed by atoms with Crippen molar-refractivity contribution < 1.29 is 4.79 Å². The smallest absolute Gasteiger partial charge is 0.176 e. The summed E-state index contributed by atoms with van der Waals surface area (Å²) in [7, 11) is 0. The van der Waals surface area contributed by atoms with E-state index in [1.165, 1.54) is 19.3 Å². The second kappa shape index (κ2) is 7.93. The molecular weight excluding hydrogens is 557 g/mol. The summed E-state index contributed by atoms with van der Waals surface area (Å²) < 4.78 is 1.01. The minimum Gasteiger partial charge on any atom is -0.351 e. The molecule has 2 aliphatic heterocycles. The number of carbonyl (C=O) groups excluding carboxylic acids is 1. The molecule has 8 rings (SSSR count). The average molecular weight is 585 g/mol. The summed E-state index contributed by atoms with van der Waals surface area (Å²) in [5, 5.41) is 21.4. The van der Waals surface area contributed by atoms with Crippen molar-refractivity contribution in [3.05, 3.63) is 69.3 Å². The van der Waals surface area contributed by atoms with Crippen molar-refractivity contribution in [3.8, 4) is 12.1 Å². The minimum absolute atomic E-state index is 0.286. The topological polar surface area (TPSA) is 67.9 Å². The van der Waals surface area contributed by atoms with E-state index in [0.717, 1.165) is 39.6 Å². The van der Waals surface area contributed by atoms with Gasteiger partial charge in [-0.2, -0.15) is 10.5 Å². The lowest BCUT2D eigenvalue weighted by Crippen LogP contribution is -2.56. The van der Waals surface area contributed by atoms with Crippen molar-refractivity contribution in [3.63, 3.8) is 0 Å². The molecule has 4 saturated carbocycles. The molecule has 2 aromatic rings. The van der Waals surface area contributed by atoms with Gasteiger partial charge in [-0.05, 0) is 102 Å². The number of carbonyl (C=O) groups is 1. The Hall–Kier alpha value is -2.64. The van der Waals surface area contributed by atoms with Crippen LogP contribution in [0.15, 0.2) is 54.6 Å². The second-order valence-corrected chi connectivity index (χ2v) is 13.0. The Kier molecular flexibility index (Phi) is 4.97. The van der Waals surface area contributed by atoms with Crippen LogP contribution in [0.25, 0.3) is 6.08 Å². The molecule has 4 aliphatic carbocycles. The molecule has 1 saturated heterocycles. The van der Waals surface area contributed by atoms with Gasteiger partial charge in [0.05, 0.1) is 24.2 Å². The number of hydrogen-bond donors (Lipinski definition) is 0. The third-order valence-electron chi connectivity index (χ3n) is 9.99. The number of nitriles is 2. The first-order chi connectivity index (χ1) is 17.5. The maximum absolute atomic E-state index is 15.1. The number of hydrogen-bond acceptors (Lipinski definition) is 4. The van der Waals surface area contributed by atoms with Gasteiger partial charge in [0.15, 0.2) is 11.2 Å². The Morgan fingerprint density at radius 3 is 2.17 bits per heavy atom. The van der Waals surface area contributed by atoms with Gasteiger partial charge in [0.1, 0.15) is 0 Å². The van der Waals surface area contributed by atoms with Crippen LogP contribution >= 0.6 is 22.6 Å². The van der Waals surface area contributed by atoms with Gasteiger partial charge in [0, 0.05) is 20.6 Å². The van der Waals surface area contributed by atoms with Gasteiger partial charge in [0.2, 0.25) is 0 Å². The zero-order valence-electron chi connectivity index (χ0n) is 20.1. The zero-order valence-corrected chi connectivity index (χ0v) is 22.3. The fraction of sp³-hybridized carbons (Fsp3) is 0.452. The predicted octanol–water partition coefficient (Wildman–Crippen LogP) is 6.48. The van der Waals surface area contributed by atoms with E-state index in [1.807, 2.05) is 48.6 Å². The maximum Gasteiger partial charge on any atom is 0.176 e. The number of nitrogens with zero attached hydrogens (tertiary/aromatic N) is 3. The first-order valence-corrected chi connectivity index (χ1v) is 14.2. The van der Waals surface area contributed by atoms with Crippen LogP contribution in [0.2, 0.25) is 0 Å². The Morgan fingerprint density at radius 2 is 1.53 bits per heavy atom. The summed E-state index contributed by atoms with van der Waals surface area (Å²) in [5.74, 6) is 1.73. The normalized spacial score (nSPS) is 36.6. The molecule has 6 aliphatic rings. The first-order valence-electron chi connectivity index (χ1n) is 13.2. The summed E-state index contributed by atoms with van der Waals surface area (Å²) in [5.41, 5.74) is 1.29. The highest BCUT2D eigenvalue weighted by Crippen LogP contribution is 2.64. The number of benzene rings is 2. The van der Waals surface area contributed by atoms with Crippen LogP contribution in [0.5, 0.6) is 0 Å². The number of rotatable bonds is 3. The van der Waals surface area contributed by atoms with Crippen LogP contribution in [0.1, 0.15) is 55.6 Å². The summed E-state index contributed by atoms with van der Waals surface area (Å²) in [6, 6.07) is 20.1. The Bertz CT molecular complexity index is 1330. The van der Waals surface area contributed by atoms with Crippen LogP contribution < -0.4 is 4.90 Å². The molecular formula is C31H28IN3O. The monoisotopic (exact) mass is 585 g/mol. The van der Waals surface area contributed by atoms with Gasteiger partial charge in [-0.1, -0.05) is 48.6 Å². The fourth-order valence-electron chi connectivity index (χ4n) is 9.03.